The van der Waals surface area contributed by atoms with E-state index in [0.717, 1.165) is 12.0 Å². The number of rotatable bonds is 7. The van der Waals surface area contributed by atoms with Crippen LogP contribution in [0.15, 0.2) is 21.3 Å². The molecule has 2 rings (SSSR count). The van der Waals surface area contributed by atoms with Crippen molar-refractivity contribution in [3.05, 3.63) is 33.7 Å². The highest BCUT2D eigenvalue weighted by atomic mass is 16.5. The molecular weight excluding hydrogens is 320 g/mol. The summed E-state index contributed by atoms with van der Waals surface area (Å²) >= 11 is 0. The Labute approximate surface area is 147 Å². The van der Waals surface area contributed by atoms with Gasteiger partial charge in [0, 0.05) is 12.1 Å². The number of carbonyl (C=O) groups is 1. The minimum Gasteiger partial charge on any atom is -0.490 e. The summed E-state index contributed by atoms with van der Waals surface area (Å²) in [6, 6.07) is 3.21. The summed E-state index contributed by atoms with van der Waals surface area (Å²) in [6.45, 7) is 11.1. The van der Waals surface area contributed by atoms with Crippen LogP contribution >= 0.6 is 0 Å². The number of Topliss-reactive ketones (excluding diaryl/α,β-unsaturated/α-hetero) is 1. The first kappa shape index (κ1) is 19.0. The molecule has 0 bridgehead atoms. The molecule has 0 saturated carbocycles. The Kier molecular flexibility index (Phi) is 5.88. The maximum atomic E-state index is 12.3. The second-order valence-electron chi connectivity index (χ2n) is 6.68. The van der Waals surface area contributed by atoms with E-state index in [2.05, 4.69) is 0 Å². The lowest BCUT2D eigenvalue weighted by molar-refractivity contribution is 0.101. The quantitative estimate of drug-likeness (QED) is 0.544. The molecule has 0 aliphatic rings. The van der Waals surface area contributed by atoms with Gasteiger partial charge in [-0.1, -0.05) is 13.3 Å². The van der Waals surface area contributed by atoms with E-state index in [9.17, 15) is 9.59 Å². The van der Waals surface area contributed by atoms with Crippen LogP contribution in [0.1, 0.15) is 63.9 Å². The second kappa shape index (κ2) is 7.72. The van der Waals surface area contributed by atoms with Crippen LogP contribution in [0, 0.1) is 0 Å². The molecular formula is C20H26O5. The molecule has 0 saturated heterocycles. The number of hydrogen-bond donors (Lipinski definition) is 0. The van der Waals surface area contributed by atoms with Crippen molar-refractivity contribution in [3.8, 4) is 11.5 Å². The van der Waals surface area contributed by atoms with E-state index in [4.69, 9.17) is 13.9 Å². The summed E-state index contributed by atoms with van der Waals surface area (Å²) in [6.07, 6.45) is 1.35. The van der Waals surface area contributed by atoms with Gasteiger partial charge in [-0.05, 0) is 46.6 Å². The number of aryl methyl sites for hydroxylation is 1. The van der Waals surface area contributed by atoms with Gasteiger partial charge in [-0.2, -0.15) is 0 Å². The van der Waals surface area contributed by atoms with Crippen molar-refractivity contribution in [1.82, 2.24) is 0 Å². The van der Waals surface area contributed by atoms with Crippen LogP contribution in [-0.4, -0.2) is 18.0 Å². The van der Waals surface area contributed by atoms with Crippen LogP contribution in [0.5, 0.6) is 11.5 Å². The minimum atomic E-state index is -0.476. The molecule has 1 aromatic heterocycles. The van der Waals surface area contributed by atoms with E-state index in [0.29, 0.717) is 23.3 Å². The van der Waals surface area contributed by atoms with E-state index in [1.807, 2.05) is 34.6 Å². The average Bonchev–Trinajstić information content (AvgIpc) is 2.44. The van der Waals surface area contributed by atoms with Crippen LogP contribution in [0.2, 0.25) is 0 Å². The van der Waals surface area contributed by atoms with Crippen molar-refractivity contribution in [2.24, 2.45) is 0 Å². The van der Waals surface area contributed by atoms with Crippen molar-refractivity contribution in [1.29, 1.82) is 0 Å². The summed E-state index contributed by atoms with van der Waals surface area (Å²) in [7, 11) is 0. The van der Waals surface area contributed by atoms with Gasteiger partial charge >= 0.3 is 5.63 Å². The number of fused-ring (bicyclic) bond motifs is 1. The first-order chi connectivity index (χ1) is 11.7. The lowest BCUT2D eigenvalue weighted by Crippen LogP contribution is -2.13. The topological polar surface area (TPSA) is 65.7 Å². The summed E-state index contributed by atoms with van der Waals surface area (Å²) in [5, 5.41) is 0.677. The van der Waals surface area contributed by atoms with Crippen molar-refractivity contribution >= 4 is 16.8 Å². The molecule has 0 aliphatic carbocycles. The Morgan fingerprint density at radius 2 is 1.68 bits per heavy atom. The molecule has 0 N–H and O–H groups in total. The molecule has 0 unspecified atom stereocenters. The Morgan fingerprint density at radius 3 is 2.20 bits per heavy atom. The van der Waals surface area contributed by atoms with Gasteiger partial charge in [0.25, 0.3) is 0 Å². The van der Waals surface area contributed by atoms with Gasteiger partial charge in [-0.25, -0.2) is 4.79 Å². The van der Waals surface area contributed by atoms with Crippen LogP contribution in [0.25, 0.3) is 11.0 Å². The fourth-order valence-corrected chi connectivity index (χ4v) is 2.86. The maximum absolute atomic E-state index is 12.3. The lowest BCUT2D eigenvalue weighted by Gasteiger charge is -2.19. The Hall–Kier alpha value is -2.30. The van der Waals surface area contributed by atoms with Crippen molar-refractivity contribution in [2.75, 3.05) is 0 Å². The smallest absolute Gasteiger partial charge is 0.336 e. The van der Waals surface area contributed by atoms with Crippen LogP contribution in [-0.2, 0) is 6.42 Å². The minimum absolute atomic E-state index is 0.0697. The Balaban J connectivity index is 2.94. The predicted octanol–water partition coefficient (Wildman–Crippen LogP) is 4.52. The standard InChI is InChI=1S/C20H26O5/c1-7-8-14-9-17(22)25-20-18(13(6)21)15(23-11(2)3)10-16(19(14)20)24-12(4)5/h9-12H,7-8H2,1-6H3. The van der Waals surface area contributed by atoms with E-state index >= 15 is 0 Å². The summed E-state index contributed by atoms with van der Waals surface area (Å²) in [5.74, 6) is 0.730. The lowest BCUT2D eigenvalue weighted by atomic mass is 9.99. The number of ether oxygens (including phenoxy) is 2. The van der Waals surface area contributed by atoms with E-state index < -0.39 is 5.63 Å². The predicted molar refractivity (Wildman–Crippen MR) is 98.0 cm³/mol. The summed E-state index contributed by atoms with van der Waals surface area (Å²) in [4.78, 5) is 24.4. The van der Waals surface area contributed by atoms with Crippen molar-refractivity contribution in [3.63, 3.8) is 0 Å². The number of benzene rings is 1. The third kappa shape index (κ3) is 4.21. The Bertz CT molecular complexity index is 830. The van der Waals surface area contributed by atoms with Crippen LogP contribution in [0.3, 0.4) is 0 Å². The largest absolute Gasteiger partial charge is 0.490 e. The number of carbonyl (C=O) groups excluding carboxylic acids is 1. The third-order valence-corrected chi connectivity index (χ3v) is 3.62. The molecule has 5 nitrogen and oxygen atoms in total. The molecule has 2 aromatic rings. The first-order valence-electron chi connectivity index (χ1n) is 8.72. The van der Waals surface area contributed by atoms with Crippen molar-refractivity contribution < 1.29 is 18.7 Å². The van der Waals surface area contributed by atoms with Gasteiger partial charge in [-0.3, -0.25) is 4.79 Å². The summed E-state index contributed by atoms with van der Waals surface area (Å²) < 4.78 is 17.2. The van der Waals surface area contributed by atoms with E-state index in [-0.39, 0.29) is 29.1 Å². The van der Waals surface area contributed by atoms with Crippen molar-refractivity contribution in [2.45, 2.75) is 66.6 Å². The van der Waals surface area contributed by atoms with Gasteiger partial charge in [-0.15, -0.1) is 0 Å². The third-order valence-electron chi connectivity index (χ3n) is 3.62. The molecule has 136 valence electrons. The van der Waals surface area contributed by atoms with Crippen LogP contribution in [0.4, 0.5) is 0 Å². The van der Waals surface area contributed by atoms with Gasteiger partial charge < -0.3 is 13.9 Å². The number of hydrogen-bond acceptors (Lipinski definition) is 5. The van der Waals surface area contributed by atoms with E-state index in [1.54, 1.807) is 6.07 Å². The SMILES string of the molecule is CCCc1cc(=O)oc2c(C(C)=O)c(OC(C)C)cc(OC(C)C)c12. The molecule has 0 spiro atoms. The first-order valence-corrected chi connectivity index (χ1v) is 8.72. The number of ketones is 1. The van der Waals surface area contributed by atoms with Crippen LogP contribution < -0.4 is 15.1 Å². The van der Waals surface area contributed by atoms with Gasteiger partial charge in [0.2, 0.25) is 0 Å². The Morgan fingerprint density at radius 1 is 1.08 bits per heavy atom. The highest BCUT2D eigenvalue weighted by Crippen LogP contribution is 2.39. The molecule has 0 amide bonds. The zero-order valence-corrected chi connectivity index (χ0v) is 15.8. The highest BCUT2D eigenvalue weighted by Gasteiger charge is 2.23. The van der Waals surface area contributed by atoms with Gasteiger partial charge in [0.15, 0.2) is 11.4 Å². The van der Waals surface area contributed by atoms with E-state index in [1.165, 1.54) is 13.0 Å². The maximum Gasteiger partial charge on any atom is 0.336 e. The monoisotopic (exact) mass is 346 g/mol. The zero-order chi connectivity index (χ0) is 18.7. The average molecular weight is 346 g/mol. The normalized spacial score (nSPS) is 11.4. The molecule has 0 aliphatic heterocycles. The summed E-state index contributed by atoms with van der Waals surface area (Å²) in [5.41, 5.74) is 0.880. The van der Waals surface area contributed by atoms with Gasteiger partial charge in [0.05, 0.1) is 17.6 Å². The molecule has 25 heavy (non-hydrogen) atoms. The highest BCUT2D eigenvalue weighted by molar-refractivity contribution is 6.09. The molecule has 5 heteroatoms. The van der Waals surface area contributed by atoms with Gasteiger partial charge in [0.1, 0.15) is 17.1 Å². The zero-order valence-electron chi connectivity index (χ0n) is 15.8. The second-order valence-corrected chi connectivity index (χ2v) is 6.68. The molecule has 0 atom stereocenters. The fraction of sp³-hybridized carbons (Fsp3) is 0.500. The fourth-order valence-electron chi connectivity index (χ4n) is 2.86. The molecule has 0 radical (unpaired) electrons. The molecule has 1 aromatic carbocycles. The molecule has 1 heterocycles. The molecule has 0 fully saturated rings.